The van der Waals surface area contributed by atoms with E-state index in [-0.39, 0.29) is 16.7 Å². The molecular weight excluding hydrogens is 433 g/mol. The number of thioether (sulfide) groups is 1. The van der Waals surface area contributed by atoms with Gasteiger partial charge in [-0.2, -0.15) is 0 Å². The van der Waals surface area contributed by atoms with E-state index in [0.29, 0.717) is 11.5 Å². The highest BCUT2D eigenvalue weighted by molar-refractivity contribution is 7.99. The van der Waals surface area contributed by atoms with Crippen LogP contribution in [-0.4, -0.2) is 21.6 Å². The summed E-state index contributed by atoms with van der Waals surface area (Å²) in [5.41, 5.74) is 1.76. The number of oxazole rings is 1. The summed E-state index contributed by atoms with van der Waals surface area (Å²) < 4.78 is 19.2. The predicted molar refractivity (Wildman–Crippen MR) is 120 cm³/mol. The SMILES string of the molecule is O=C(CSc1nc(-c2ccccc2)c(-c2ccccc2)o1)Nc1ccc(F)cc1[N+](=O)[O-]. The van der Waals surface area contributed by atoms with Gasteiger partial charge in [0, 0.05) is 11.1 Å². The van der Waals surface area contributed by atoms with Gasteiger partial charge >= 0.3 is 0 Å². The first-order valence-electron chi connectivity index (χ1n) is 9.49. The van der Waals surface area contributed by atoms with E-state index in [2.05, 4.69) is 10.3 Å². The molecule has 0 bridgehead atoms. The Hall–Kier alpha value is -3.98. The molecular formula is C23H16FN3O4S. The van der Waals surface area contributed by atoms with Gasteiger partial charge in [-0.3, -0.25) is 14.9 Å². The molecule has 0 aliphatic rings. The van der Waals surface area contributed by atoms with Crippen molar-refractivity contribution in [1.82, 2.24) is 4.98 Å². The van der Waals surface area contributed by atoms with Gasteiger partial charge in [-0.05, 0) is 12.1 Å². The van der Waals surface area contributed by atoms with Gasteiger partial charge in [0.05, 0.1) is 16.7 Å². The highest BCUT2D eigenvalue weighted by Gasteiger charge is 2.20. The molecule has 7 nitrogen and oxygen atoms in total. The largest absolute Gasteiger partial charge is 0.431 e. The summed E-state index contributed by atoms with van der Waals surface area (Å²) in [5, 5.41) is 13.8. The Morgan fingerprint density at radius 3 is 2.34 bits per heavy atom. The number of nitrogens with zero attached hydrogens (tertiary/aromatic N) is 2. The number of benzene rings is 3. The molecule has 0 aliphatic heterocycles. The van der Waals surface area contributed by atoms with E-state index in [9.17, 15) is 19.3 Å². The lowest BCUT2D eigenvalue weighted by Gasteiger charge is -2.05. The highest BCUT2D eigenvalue weighted by atomic mass is 32.2. The molecule has 0 saturated carbocycles. The molecule has 1 aromatic heterocycles. The monoisotopic (exact) mass is 449 g/mol. The van der Waals surface area contributed by atoms with E-state index in [1.165, 1.54) is 0 Å². The van der Waals surface area contributed by atoms with Gasteiger partial charge in [0.2, 0.25) is 5.91 Å². The maximum absolute atomic E-state index is 13.3. The van der Waals surface area contributed by atoms with Crippen molar-refractivity contribution in [1.29, 1.82) is 0 Å². The van der Waals surface area contributed by atoms with Crippen LogP contribution in [0.3, 0.4) is 0 Å². The number of aromatic nitrogens is 1. The molecule has 0 atom stereocenters. The third kappa shape index (κ3) is 4.84. The van der Waals surface area contributed by atoms with Gasteiger partial charge in [0.25, 0.3) is 10.9 Å². The number of nitro benzene ring substituents is 1. The first-order chi connectivity index (χ1) is 15.5. The minimum absolute atomic E-state index is 0.0793. The molecule has 32 heavy (non-hydrogen) atoms. The minimum atomic E-state index is -0.759. The quantitative estimate of drug-likeness (QED) is 0.218. The number of hydrogen-bond acceptors (Lipinski definition) is 6. The second kappa shape index (κ2) is 9.44. The first kappa shape index (κ1) is 21.3. The molecule has 0 unspecified atom stereocenters. The van der Waals surface area contributed by atoms with Gasteiger partial charge < -0.3 is 9.73 Å². The maximum atomic E-state index is 13.3. The smallest absolute Gasteiger partial charge is 0.295 e. The summed E-state index contributed by atoms with van der Waals surface area (Å²) in [6, 6.07) is 22.0. The van der Waals surface area contributed by atoms with Crippen LogP contribution in [-0.2, 0) is 4.79 Å². The lowest BCUT2D eigenvalue weighted by atomic mass is 10.1. The fourth-order valence-corrected chi connectivity index (χ4v) is 3.64. The van der Waals surface area contributed by atoms with Crippen molar-refractivity contribution in [2.45, 2.75) is 5.22 Å². The number of carbonyl (C=O) groups excluding carboxylic acids is 1. The highest BCUT2D eigenvalue weighted by Crippen LogP contribution is 2.35. The van der Waals surface area contributed by atoms with Gasteiger partial charge in [-0.15, -0.1) is 0 Å². The van der Waals surface area contributed by atoms with Crippen LogP contribution >= 0.6 is 11.8 Å². The Morgan fingerprint density at radius 2 is 1.69 bits per heavy atom. The van der Waals surface area contributed by atoms with Crippen LogP contribution in [0.25, 0.3) is 22.6 Å². The fraction of sp³-hybridized carbons (Fsp3) is 0.0435. The number of nitrogens with one attached hydrogen (secondary N) is 1. The second-order valence-electron chi connectivity index (χ2n) is 6.64. The van der Waals surface area contributed by atoms with Crippen LogP contribution in [0.2, 0.25) is 0 Å². The Bertz CT molecular complexity index is 1210. The van der Waals surface area contributed by atoms with Crippen molar-refractivity contribution >= 4 is 29.0 Å². The molecule has 9 heteroatoms. The molecule has 0 radical (unpaired) electrons. The van der Waals surface area contributed by atoms with E-state index in [1.807, 2.05) is 60.7 Å². The predicted octanol–water partition coefficient (Wildman–Crippen LogP) is 5.79. The summed E-state index contributed by atoms with van der Waals surface area (Å²) in [7, 11) is 0. The van der Waals surface area contributed by atoms with E-state index in [1.54, 1.807) is 0 Å². The Balaban J connectivity index is 1.54. The summed E-state index contributed by atoms with van der Waals surface area (Å²) in [5.74, 6) is -0.789. The molecule has 4 rings (SSSR count). The van der Waals surface area contributed by atoms with Gasteiger partial charge in [-0.25, -0.2) is 9.37 Å². The normalized spacial score (nSPS) is 10.7. The summed E-state index contributed by atoms with van der Waals surface area (Å²) in [6.45, 7) is 0. The third-order valence-electron chi connectivity index (χ3n) is 4.45. The van der Waals surface area contributed by atoms with Crippen molar-refractivity contribution < 1.29 is 18.5 Å². The van der Waals surface area contributed by atoms with E-state index in [4.69, 9.17) is 4.42 Å². The lowest BCUT2D eigenvalue weighted by Crippen LogP contribution is -2.15. The number of halogens is 1. The molecule has 160 valence electrons. The molecule has 0 spiro atoms. The maximum Gasteiger partial charge on any atom is 0.295 e. The van der Waals surface area contributed by atoms with Crippen molar-refractivity contribution in [3.8, 4) is 22.6 Å². The zero-order chi connectivity index (χ0) is 22.5. The molecule has 0 fully saturated rings. The summed E-state index contributed by atoms with van der Waals surface area (Å²) in [6.07, 6.45) is 0. The number of anilines is 1. The Kier molecular flexibility index (Phi) is 6.27. The molecule has 1 N–H and O–H groups in total. The molecule has 0 aliphatic carbocycles. The van der Waals surface area contributed by atoms with Gasteiger partial charge in [-0.1, -0.05) is 72.4 Å². The van der Waals surface area contributed by atoms with Crippen LogP contribution in [0.4, 0.5) is 15.8 Å². The Labute approximate surface area is 186 Å². The molecule has 1 amide bonds. The zero-order valence-corrected chi connectivity index (χ0v) is 17.3. The number of nitro groups is 1. The van der Waals surface area contributed by atoms with Gasteiger partial charge in [0.15, 0.2) is 5.76 Å². The van der Waals surface area contributed by atoms with Crippen molar-refractivity contribution in [2.24, 2.45) is 0 Å². The van der Waals surface area contributed by atoms with Gasteiger partial charge in [0.1, 0.15) is 17.2 Å². The average molecular weight is 449 g/mol. The van der Waals surface area contributed by atoms with Crippen LogP contribution in [0.5, 0.6) is 0 Å². The van der Waals surface area contributed by atoms with Crippen molar-refractivity contribution in [3.63, 3.8) is 0 Å². The number of rotatable bonds is 7. The average Bonchev–Trinajstić information content (AvgIpc) is 3.24. The van der Waals surface area contributed by atoms with Crippen LogP contribution in [0.15, 0.2) is 88.5 Å². The summed E-state index contributed by atoms with van der Waals surface area (Å²) in [4.78, 5) is 27.3. The molecule has 3 aromatic carbocycles. The zero-order valence-electron chi connectivity index (χ0n) is 16.5. The van der Waals surface area contributed by atoms with Crippen LogP contribution in [0.1, 0.15) is 0 Å². The Morgan fingerprint density at radius 1 is 1.03 bits per heavy atom. The topological polar surface area (TPSA) is 98.3 Å². The van der Waals surface area contributed by atoms with Crippen LogP contribution < -0.4 is 5.32 Å². The first-order valence-corrected chi connectivity index (χ1v) is 10.5. The fourth-order valence-electron chi connectivity index (χ4n) is 3.01. The number of amides is 1. The summed E-state index contributed by atoms with van der Waals surface area (Å²) >= 11 is 1.06. The van der Waals surface area contributed by atoms with E-state index in [0.717, 1.165) is 41.1 Å². The second-order valence-corrected chi connectivity index (χ2v) is 7.57. The van der Waals surface area contributed by atoms with Crippen LogP contribution in [0, 0.1) is 15.9 Å². The van der Waals surface area contributed by atoms with Crippen molar-refractivity contribution in [2.75, 3.05) is 11.1 Å². The number of carbonyl (C=O) groups is 1. The third-order valence-corrected chi connectivity index (χ3v) is 5.28. The minimum Gasteiger partial charge on any atom is -0.431 e. The van der Waals surface area contributed by atoms with Crippen molar-refractivity contribution in [3.05, 3.63) is 94.8 Å². The molecule has 0 saturated heterocycles. The molecule has 1 heterocycles. The van der Waals surface area contributed by atoms with E-state index >= 15 is 0 Å². The van der Waals surface area contributed by atoms with E-state index < -0.39 is 22.3 Å². The molecule has 4 aromatic rings. The lowest BCUT2D eigenvalue weighted by molar-refractivity contribution is -0.384. The number of hydrogen-bond donors (Lipinski definition) is 1. The standard InChI is InChI=1S/C23H16FN3O4S/c24-17-11-12-18(19(13-17)27(29)30)25-20(28)14-32-23-26-21(15-7-3-1-4-8-15)22(31-23)16-9-5-2-6-10-16/h1-13H,14H2,(H,25,28).